The molecule has 1 unspecified atom stereocenters. The number of methoxy groups -OCH3 is 1. The Hall–Kier alpha value is -1.86. The molecular formula is C23H26Cl3FN4O. The van der Waals surface area contributed by atoms with E-state index in [9.17, 15) is 4.39 Å². The summed E-state index contributed by atoms with van der Waals surface area (Å²) < 4.78 is 20.9. The van der Waals surface area contributed by atoms with Gasteiger partial charge in [-0.2, -0.15) is 4.98 Å². The highest BCUT2D eigenvalue weighted by Gasteiger charge is 2.33. The van der Waals surface area contributed by atoms with Crippen molar-refractivity contribution in [1.29, 1.82) is 0 Å². The van der Waals surface area contributed by atoms with Crippen LogP contribution in [-0.2, 0) is 4.74 Å². The molecule has 32 heavy (non-hydrogen) atoms. The number of benzene rings is 2. The Kier molecular flexibility index (Phi) is 8.39. The molecule has 5 nitrogen and oxygen atoms in total. The molecule has 1 heterocycles. The Morgan fingerprint density at radius 1 is 1.19 bits per heavy atom. The first-order chi connectivity index (χ1) is 15.0. The van der Waals surface area contributed by atoms with E-state index in [1.54, 1.807) is 31.4 Å². The SMILES string of the molecule is CCCN(c1nc(C2CC2)n(-c2ccc(Cl)cc2Cl)n1)C(COC)c1ccc(F)cc1.Cl. The predicted molar refractivity (Wildman–Crippen MR) is 129 cm³/mol. The van der Waals surface area contributed by atoms with Crippen molar-refractivity contribution >= 4 is 41.6 Å². The summed E-state index contributed by atoms with van der Waals surface area (Å²) in [5.41, 5.74) is 1.71. The Bertz CT molecular complexity index is 1040. The van der Waals surface area contributed by atoms with Crippen LogP contribution in [0.5, 0.6) is 0 Å². The molecule has 1 atom stereocenters. The number of anilines is 1. The summed E-state index contributed by atoms with van der Waals surface area (Å²) in [4.78, 5) is 7.06. The zero-order valence-corrected chi connectivity index (χ0v) is 20.3. The van der Waals surface area contributed by atoms with Crippen molar-refractivity contribution in [3.8, 4) is 5.69 Å². The van der Waals surface area contributed by atoms with Crippen molar-refractivity contribution in [1.82, 2.24) is 14.8 Å². The minimum atomic E-state index is -0.266. The second-order valence-corrected chi connectivity index (χ2v) is 8.61. The Morgan fingerprint density at radius 2 is 1.91 bits per heavy atom. The van der Waals surface area contributed by atoms with Crippen LogP contribution in [0.4, 0.5) is 10.3 Å². The molecule has 0 amide bonds. The maximum atomic E-state index is 13.5. The molecule has 1 fully saturated rings. The summed E-state index contributed by atoms with van der Waals surface area (Å²) in [5.74, 6) is 1.61. The zero-order valence-electron chi connectivity index (χ0n) is 18.0. The first kappa shape index (κ1) is 24.8. The lowest BCUT2D eigenvalue weighted by Gasteiger charge is -2.30. The van der Waals surface area contributed by atoms with Crippen LogP contribution in [0.1, 0.15) is 49.5 Å². The fourth-order valence-corrected chi connectivity index (χ4v) is 4.20. The van der Waals surface area contributed by atoms with Crippen molar-refractivity contribution in [2.45, 2.75) is 38.1 Å². The second kappa shape index (κ2) is 10.8. The molecule has 2 aromatic carbocycles. The van der Waals surface area contributed by atoms with Gasteiger partial charge in [-0.1, -0.05) is 42.3 Å². The van der Waals surface area contributed by atoms with Gasteiger partial charge in [-0.3, -0.25) is 0 Å². The van der Waals surface area contributed by atoms with Gasteiger partial charge in [0.1, 0.15) is 11.6 Å². The average molecular weight is 500 g/mol. The lowest BCUT2D eigenvalue weighted by molar-refractivity contribution is 0.176. The first-order valence-electron chi connectivity index (χ1n) is 10.4. The highest BCUT2D eigenvalue weighted by Crippen LogP contribution is 2.42. The molecule has 1 saturated carbocycles. The van der Waals surface area contributed by atoms with Crippen LogP contribution in [0.2, 0.25) is 10.0 Å². The maximum Gasteiger partial charge on any atom is 0.246 e. The van der Waals surface area contributed by atoms with Crippen LogP contribution in [0.15, 0.2) is 42.5 Å². The third-order valence-corrected chi connectivity index (χ3v) is 5.92. The van der Waals surface area contributed by atoms with Crippen LogP contribution >= 0.6 is 35.6 Å². The third-order valence-electron chi connectivity index (χ3n) is 5.38. The molecule has 0 radical (unpaired) electrons. The molecule has 0 saturated heterocycles. The molecule has 0 bridgehead atoms. The van der Waals surface area contributed by atoms with Gasteiger partial charge in [-0.25, -0.2) is 9.07 Å². The highest BCUT2D eigenvalue weighted by molar-refractivity contribution is 6.35. The molecule has 172 valence electrons. The number of hydrogen-bond acceptors (Lipinski definition) is 4. The minimum Gasteiger partial charge on any atom is -0.382 e. The second-order valence-electron chi connectivity index (χ2n) is 7.77. The molecular weight excluding hydrogens is 474 g/mol. The summed E-state index contributed by atoms with van der Waals surface area (Å²) in [6, 6.07) is 11.8. The smallest absolute Gasteiger partial charge is 0.246 e. The minimum absolute atomic E-state index is 0. The molecule has 0 N–H and O–H groups in total. The first-order valence-corrected chi connectivity index (χ1v) is 11.2. The van der Waals surface area contributed by atoms with E-state index in [4.69, 9.17) is 38.0 Å². The van der Waals surface area contributed by atoms with Gasteiger partial charge in [0.05, 0.1) is 23.4 Å². The quantitative estimate of drug-likeness (QED) is 0.332. The van der Waals surface area contributed by atoms with Crippen LogP contribution in [-0.4, -0.2) is 35.0 Å². The average Bonchev–Trinajstić information content (AvgIpc) is 3.51. The largest absolute Gasteiger partial charge is 0.382 e. The lowest BCUT2D eigenvalue weighted by atomic mass is 10.1. The van der Waals surface area contributed by atoms with Crippen molar-refractivity contribution < 1.29 is 9.13 Å². The molecule has 4 rings (SSSR count). The maximum absolute atomic E-state index is 13.5. The number of hydrogen-bond donors (Lipinski definition) is 0. The van der Waals surface area contributed by atoms with Crippen molar-refractivity contribution in [2.24, 2.45) is 0 Å². The summed E-state index contributed by atoms with van der Waals surface area (Å²) >= 11 is 12.6. The van der Waals surface area contributed by atoms with Crippen LogP contribution in [0.3, 0.4) is 0 Å². The Morgan fingerprint density at radius 3 is 2.50 bits per heavy atom. The summed E-state index contributed by atoms with van der Waals surface area (Å²) in [7, 11) is 1.66. The molecule has 1 aliphatic rings. The zero-order chi connectivity index (χ0) is 22.0. The van der Waals surface area contributed by atoms with Gasteiger partial charge in [0, 0.05) is 24.6 Å². The molecule has 1 aromatic heterocycles. The molecule has 0 aliphatic heterocycles. The summed E-state index contributed by atoms with van der Waals surface area (Å²) in [6.07, 6.45) is 3.06. The monoisotopic (exact) mass is 498 g/mol. The van der Waals surface area contributed by atoms with E-state index in [2.05, 4.69) is 11.8 Å². The van der Waals surface area contributed by atoms with Gasteiger partial charge >= 0.3 is 0 Å². The molecule has 0 spiro atoms. The fraction of sp³-hybridized carbons (Fsp3) is 0.391. The van der Waals surface area contributed by atoms with E-state index < -0.39 is 0 Å². The Balaban J connectivity index is 0.00000289. The third kappa shape index (κ3) is 5.37. The normalized spacial score (nSPS) is 14.2. The van der Waals surface area contributed by atoms with Gasteiger partial charge in [-0.15, -0.1) is 17.5 Å². The van der Waals surface area contributed by atoms with Crippen LogP contribution in [0.25, 0.3) is 5.69 Å². The van der Waals surface area contributed by atoms with Gasteiger partial charge in [0.25, 0.3) is 0 Å². The van der Waals surface area contributed by atoms with Gasteiger partial charge in [0.15, 0.2) is 0 Å². The number of nitrogens with zero attached hydrogens (tertiary/aromatic N) is 4. The Labute approximate surface area is 203 Å². The van der Waals surface area contributed by atoms with E-state index in [-0.39, 0.29) is 24.3 Å². The van der Waals surface area contributed by atoms with Gasteiger partial charge in [0.2, 0.25) is 5.95 Å². The van der Waals surface area contributed by atoms with Crippen LogP contribution < -0.4 is 4.90 Å². The topological polar surface area (TPSA) is 43.2 Å². The number of rotatable bonds is 9. The fourth-order valence-electron chi connectivity index (χ4n) is 3.72. The van der Waals surface area contributed by atoms with Crippen molar-refractivity contribution in [2.75, 3.05) is 25.2 Å². The predicted octanol–water partition coefficient (Wildman–Crippen LogP) is 6.62. The number of aromatic nitrogens is 3. The number of halogens is 4. The van der Waals surface area contributed by atoms with Crippen molar-refractivity contribution in [3.63, 3.8) is 0 Å². The van der Waals surface area contributed by atoms with E-state index >= 15 is 0 Å². The van der Waals surface area contributed by atoms with E-state index in [1.807, 2.05) is 10.7 Å². The van der Waals surface area contributed by atoms with Crippen LogP contribution in [0, 0.1) is 5.82 Å². The van der Waals surface area contributed by atoms with Gasteiger partial charge < -0.3 is 9.64 Å². The molecule has 1 aliphatic carbocycles. The summed E-state index contributed by atoms with van der Waals surface area (Å²) in [6.45, 7) is 3.27. The lowest BCUT2D eigenvalue weighted by Crippen LogP contribution is -2.33. The standard InChI is InChI=1S/C23H25Cl2FN4O.ClH/c1-3-12-29(21(14-31-2)15-6-9-18(26)10-7-15)23-27-22(16-4-5-16)30(28-23)20-11-8-17(24)13-19(20)25;/h6-11,13,16,21H,3-5,12,14H2,1-2H3;1H. The number of ether oxygens (including phenoxy) is 1. The van der Waals surface area contributed by atoms with E-state index in [1.165, 1.54) is 12.1 Å². The van der Waals surface area contributed by atoms with E-state index in [0.717, 1.165) is 42.9 Å². The molecule has 3 aromatic rings. The molecule has 9 heteroatoms. The van der Waals surface area contributed by atoms with Gasteiger partial charge in [-0.05, 0) is 55.2 Å². The highest BCUT2D eigenvalue weighted by atomic mass is 35.5. The van der Waals surface area contributed by atoms with Crippen molar-refractivity contribution in [3.05, 3.63) is 69.7 Å². The van der Waals surface area contributed by atoms with E-state index in [0.29, 0.717) is 28.5 Å². The summed E-state index contributed by atoms with van der Waals surface area (Å²) in [5, 5.41) is 5.97.